The predicted octanol–water partition coefficient (Wildman–Crippen LogP) is 1.65. The summed E-state index contributed by atoms with van der Waals surface area (Å²) in [6.07, 6.45) is 0. The largest absolute Gasteiger partial charge is 0.386 e. The van der Waals surface area contributed by atoms with E-state index < -0.39 is 6.98 Å². The summed E-state index contributed by atoms with van der Waals surface area (Å²) in [5.74, 6) is 0. The van der Waals surface area contributed by atoms with Crippen LogP contribution in [0.2, 0.25) is 5.15 Å². The van der Waals surface area contributed by atoms with E-state index in [0.717, 1.165) is 0 Å². The predicted molar refractivity (Wildman–Crippen MR) is 43.5 cm³/mol. The first-order chi connectivity index (χ1) is 6.42. The zero-order chi connectivity index (χ0) is 10.8. The molecule has 0 aliphatic heterocycles. The Morgan fingerprint density at radius 2 is 2.64 bits per heavy atom. The van der Waals surface area contributed by atoms with E-state index in [2.05, 4.69) is 10.3 Å². The van der Waals surface area contributed by atoms with Crippen molar-refractivity contribution in [3.05, 3.63) is 23.0 Å². The highest BCUT2D eigenvalue weighted by atomic mass is 35.5. The molecular weight excluding hydrogens is 162 g/mol. The van der Waals surface area contributed by atoms with E-state index >= 15 is 0 Å². The SMILES string of the molecule is [2H]C([2H])([2H])Nc1ccc(Cl)nc1C#N. The normalized spacial score (nSPS) is 14.0. The minimum Gasteiger partial charge on any atom is -0.386 e. The van der Waals surface area contributed by atoms with Gasteiger partial charge in [-0.25, -0.2) is 4.98 Å². The van der Waals surface area contributed by atoms with Crippen LogP contribution in [0.15, 0.2) is 12.1 Å². The molecule has 1 N–H and O–H groups in total. The fourth-order valence-electron chi connectivity index (χ4n) is 0.621. The van der Waals surface area contributed by atoms with Gasteiger partial charge in [-0.2, -0.15) is 5.26 Å². The van der Waals surface area contributed by atoms with Crippen molar-refractivity contribution in [2.45, 2.75) is 0 Å². The van der Waals surface area contributed by atoms with Crippen molar-refractivity contribution in [1.29, 1.82) is 5.26 Å². The van der Waals surface area contributed by atoms with Crippen LogP contribution in [-0.2, 0) is 0 Å². The maximum atomic E-state index is 8.64. The van der Waals surface area contributed by atoms with Gasteiger partial charge in [-0.15, -0.1) is 0 Å². The number of aromatic nitrogens is 1. The van der Waals surface area contributed by atoms with Crippen LogP contribution in [0.25, 0.3) is 0 Å². The highest BCUT2D eigenvalue weighted by molar-refractivity contribution is 6.29. The summed E-state index contributed by atoms with van der Waals surface area (Å²) >= 11 is 5.54. The molecule has 56 valence electrons. The van der Waals surface area contributed by atoms with Gasteiger partial charge in [-0.1, -0.05) is 11.6 Å². The lowest BCUT2D eigenvalue weighted by Gasteiger charge is -2.00. The molecule has 0 fully saturated rings. The molecule has 1 aromatic heterocycles. The van der Waals surface area contributed by atoms with Gasteiger partial charge in [0.2, 0.25) is 0 Å². The van der Waals surface area contributed by atoms with Gasteiger partial charge >= 0.3 is 0 Å². The molecule has 0 spiro atoms. The van der Waals surface area contributed by atoms with Crippen molar-refractivity contribution in [2.75, 3.05) is 12.3 Å². The van der Waals surface area contributed by atoms with E-state index in [1.54, 1.807) is 6.07 Å². The third-order valence-corrected chi connectivity index (χ3v) is 1.31. The Morgan fingerprint density at radius 1 is 1.82 bits per heavy atom. The Bertz CT molecular complexity index is 383. The van der Waals surface area contributed by atoms with Crippen molar-refractivity contribution in [2.24, 2.45) is 0 Å². The molecule has 0 bridgehead atoms. The van der Waals surface area contributed by atoms with E-state index in [4.69, 9.17) is 21.0 Å². The molecule has 4 heteroatoms. The van der Waals surface area contributed by atoms with Crippen LogP contribution in [-0.4, -0.2) is 12.0 Å². The number of hydrogen-bond donors (Lipinski definition) is 1. The molecule has 0 unspecified atom stereocenters. The molecule has 0 saturated carbocycles. The summed E-state index contributed by atoms with van der Waals surface area (Å²) in [5, 5.41) is 11.0. The number of halogens is 1. The highest BCUT2D eigenvalue weighted by Crippen LogP contribution is 2.14. The number of hydrogen-bond acceptors (Lipinski definition) is 3. The van der Waals surface area contributed by atoms with Crippen LogP contribution in [0.5, 0.6) is 0 Å². The number of rotatable bonds is 1. The topological polar surface area (TPSA) is 48.7 Å². The van der Waals surface area contributed by atoms with Crippen molar-refractivity contribution in [3.8, 4) is 6.07 Å². The van der Waals surface area contributed by atoms with Crippen molar-refractivity contribution < 1.29 is 4.11 Å². The molecule has 11 heavy (non-hydrogen) atoms. The van der Waals surface area contributed by atoms with Crippen LogP contribution in [0.1, 0.15) is 9.81 Å². The molecule has 0 radical (unpaired) electrons. The van der Waals surface area contributed by atoms with Gasteiger partial charge in [0.05, 0.1) is 5.69 Å². The fourth-order valence-corrected chi connectivity index (χ4v) is 0.769. The number of nitrogens with zero attached hydrogens (tertiary/aromatic N) is 2. The standard InChI is InChI=1S/C7H6ClN3/c1-10-5-2-3-7(8)11-6(5)4-9/h2-3,10H,1H3/i1D3. The van der Waals surface area contributed by atoms with Gasteiger partial charge in [0.25, 0.3) is 0 Å². The smallest absolute Gasteiger partial charge is 0.165 e. The Balaban J connectivity index is 3.05. The molecule has 0 aliphatic rings. The van der Waals surface area contributed by atoms with Crippen molar-refractivity contribution >= 4 is 17.3 Å². The summed E-state index contributed by atoms with van der Waals surface area (Å²) in [6, 6.07) is 4.57. The molecule has 0 atom stereocenters. The van der Waals surface area contributed by atoms with Gasteiger partial charge in [-0.3, -0.25) is 0 Å². The highest BCUT2D eigenvalue weighted by Gasteiger charge is 2.00. The van der Waals surface area contributed by atoms with Crippen LogP contribution in [0, 0.1) is 11.3 Å². The summed E-state index contributed by atoms with van der Waals surface area (Å²) in [4.78, 5) is 3.67. The third kappa shape index (κ3) is 1.60. The number of nitrogens with one attached hydrogen (secondary N) is 1. The molecule has 0 aliphatic carbocycles. The first kappa shape index (κ1) is 4.58. The minimum absolute atomic E-state index is 0.0337. The molecule has 1 aromatic rings. The lowest BCUT2D eigenvalue weighted by molar-refractivity contribution is 1.25. The van der Waals surface area contributed by atoms with E-state index in [0.29, 0.717) is 0 Å². The van der Waals surface area contributed by atoms with Crippen LogP contribution in [0.3, 0.4) is 0 Å². The third-order valence-electron chi connectivity index (χ3n) is 1.10. The molecule has 1 rings (SSSR count). The average Bonchev–Trinajstić information content (AvgIpc) is 2.06. The number of anilines is 1. The summed E-state index contributed by atoms with van der Waals surface area (Å²) in [7, 11) is 0. The lowest BCUT2D eigenvalue weighted by atomic mass is 10.3. The maximum absolute atomic E-state index is 8.64. The molecule has 0 saturated heterocycles. The minimum atomic E-state index is -2.35. The molecule has 3 nitrogen and oxygen atoms in total. The second-order valence-electron chi connectivity index (χ2n) is 1.77. The Kier molecular flexibility index (Phi) is 1.34. The summed E-state index contributed by atoms with van der Waals surface area (Å²) in [6.45, 7) is -2.35. The summed E-state index contributed by atoms with van der Waals surface area (Å²) in [5.41, 5.74) is 0.116. The van der Waals surface area contributed by atoms with Gasteiger partial charge in [0.1, 0.15) is 11.2 Å². The average molecular weight is 171 g/mol. The zero-order valence-electron chi connectivity index (χ0n) is 8.43. The first-order valence-electron chi connectivity index (χ1n) is 4.27. The summed E-state index contributed by atoms with van der Waals surface area (Å²) < 4.78 is 20.8. The quantitative estimate of drug-likeness (QED) is 0.652. The second kappa shape index (κ2) is 3.22. The van der Waals surface area contributed by atoms with Gasteiger partial charge in [-0.05, 0) is 12.1 Å². The number of nitriles is 1. The Morgan fingerprint density at radius 3 is 3.27 bits per heavy atom. The lowest BCUT2D eigenvalue weighted by Crippen LogP contribution is -1.94. The van der Waals surface area contributed by atoms with E-state index in [-0.39, 0.29) is 16.5 Å². The van der Waals surface area contributed by atoms with E-state index in [1.165, 1.54) is 12.1 Å². The van der Waals surface area contributed by atoms with E-state index in [9.17, 15) is 0 Å². The van der Waals surface area contributed by atoms with Crippen LogP contribution >= 0.6 is 11.6 Å². The molecule has 0 amide bonds. The van der Waals surface area contributed by atoms with Crippen molar-refractivity contribution in [1.82, 2.24) is 4.98 Å². The Hall–Kier alpha value is -1.27. The number of pyridine rings is 1. The van der Waals surface area contributed by atoms with Gasteiger partial charge in [0.15, 0.2) is 5.69 Å². The van der Waals surface area contributed by atoms with Gasteiger partial charge < -0.3 is 5.32 Å². The van der Waals surface area contributed by atoms with Crippen molar-refractivity contribution in [3.63, 3.8) is 0 Å². The maximum Gasteiger partial charge on any atom is 0.165 e. The molecular formula is C7H6ClN3. The zero-order valence-corrected chi connectivity index (χ0v) is 6.18. The van der Waals surface area contributed by atoms with E-state index in [1.807, 2.05) is 0 Å². The van der Waals surface area contributed by atoms with Crippen LogP contribution in [0.4, 0.5) is 5.69 Å². The van der Waals surface area contributed by atoms with Crippen LogP contribution < -0.4 is 5.32 Å². The Labute approximate surface area is 73.8 Å². The molecule has 0 aromatic carbocycles. The molecule has 1 heterocycles. The fraction of sp³-hybridized carbons (Fsp3) is 0.143. The monoisotopic (exact) mass is 170 g/mol. The second-order valence-corrected chi connectivity index (χ2v) is 2.15. The van der Waals surface area contributed by atoms with Gasteiger partial charge in [0, 0.05) is 11.1 Å². The first-order valence-corrected chi connectivity index (χ1v) is 3.15.